The molecule has 2 rings (SSSR count). The van der Waals surface area contributed by atoms with Crippen LogP contribution in [0.4, 0.5) is 5.69 Å². The molecule has 1 heterocycles. The summed E-state index contributed by atoms with van der Waals surface area (Å²) in [5.41, 5.74) is 2.52. The number of anilines is 1. The molecule has 0 aliphatic rings. The smallest absolute Gasteiger partial charge is 0.259 e. The van der Waals surface area contributed by atoms with Crippen molar-refractivity contribution in [2.24, 2.45) is 0 Å². The summed E-state index contributed by atoms with van der Waals surface area (Å²) in [6, 6.07) is 5.29. The molecule has 0 atom stereocenters. The Morgan fingerprint density at radius 3 is 2.72 bits per heavy atom. The van der Waals surface area contributed by atoms with Crippen molar-refractivity contribution in [3.8, 4) is 0 Å². The maximum absolute atomic E-state index is 12.1. The minimum Gasteiger partial charge on any atom is -0.321 e. The number of aromatic amines is 1. The highest BCUT2D eigenvalue weighted by atomic mass is 79.9. The van der Waals surface area contributed by atoms with Crippen LogP contribution in [-0.4, -0.2) is 16.1 Å². The SMILES string of the molecule is Cc1n[nH]c(C)c1C(=O)Nc1ccc(Br)cc1Cl. The van der Waals surface area contributed by atoms with E-state index >= 15 is 0 Å². The van der Waals surface area contributed by atoms with Crippen LogP contribution >= 0.6 is 27.5 Å². The molecule has 1 aromatic heterocycles. The van der Waals surface area contributed by atoms with Crippen molar-refractivity contribution in [3.63, 3.8) is 0 Å². The van der Waals surface area contributed by atoms with Gasteiger partial charge in [-0.1, -0.05) is 27.5 Å². The first-order valence-electron chi connectivity index (χ1n) is 5.27. The van der Waals surface area contributed by atoms with Gasteiger partial charge in [0, 0.05) is 10.2 Å². The summed E-state index contributed by atoms with van der Waals surface area (Å²) in [4.78, 5) is 12.1. The van der Waals surface area contributed by atoms with Crippen molar-refractivity contribution in [1.29, 1.82) is 0 Å². The first-order chi connectivity index (χ1) is 8.49. The highest BCUT2D eigenvalue weighted by Gasteiger charge is 2.16. The van der Waals surface area contributed by atoms with Gasteiger partial charge in [-0.25, -0.2) is 0 Å². The fourth-order valence-corrected chi connectivity index (χ4v) is 2.38. The number of benzene rings is 1. The lowest BCUT2D eigenvalue weighted by Crippen LogP contribution is -2.14. The van der Waals surface area contributed by atoms with Gasteiger partial charge in [0.15, 0.2) is 0 Å². The van der Waals surface area contributed by atoms with Gasteiger partial charge in [0.2, 0.25) is 0 Å². The molecule has 0 aliphatic carbocycles. The van der Waals surface area contributed by atoms with Crippen LogP contribution in [0, 0.1) is 13.8 Å². The van der Waals surface area contributed by atoms with Crippen LogP contribution in [0.3, 0.4) is 0 Å². The van der Waals surface area contributed by atoms with Gasteiger partial charge in [-0.05, 0) is 32.0 Å². The molecule has 2 aromatic rings. The molecular formula is C12H11BrClN3O. The van der Waals surface area contributed by atoms with Gasteiger partial charge in [-0.3, -0.25) is 9.89 Å². The highest BCUT2D eigenvalue weighted by Crippen LogP contribution is 2.26. The van der Waals surface area contributed by atoms with E-state index in [0.717, 1.165) is 10.2 Å². The first kappa shape index (κ1) is 13.1. The van der Waals surface area contributed by atoms with Gasteiger partial charge in [-0.15, -0.1) is 0 Å². The number of nitrogens with one attached hydrogen (secondary N) is 2. The topological polar surface area (TPSA) is 57.8 Å². The Bertz CT molecular complexity index is 590. The zero-order valence-corrected chi connectivity index (χ0v) is 12.2. The monoisotopic (exact) mass is 327 g/mol. The van der Waals surface area contributed by atoms with Gasteiger partial charge in [-0.2, -0.15) is 5.10 Å². The average molecular weight is 329 g/mol. The number of amides is 1. The van der Waals surface area contributed by atoms with Gasteiger partial charge in [0.25, 0.3) is 5.91 Å². The van der Waals surface area contributed by atoms with Crippen LogP contribution in [0.1, 0.15) is 21.7 Å². The third-order valence-corrected chi connectivity index (χ3v) is 3.34. The number of aromatic nitrogens is 2. The largest absolute Gasteiger partial charge is 0.321 e. The number of hydrogen-bond acceptors (Lipinski definition) is 2. The summed E-state index contributed by atoms with van der Waals surface area (Å²) in [5, 5.41) is 10.0. The number of rotatable bonds is 2. The maximum Gasteiger partial charge on any atom is 0.259 e. The minimum absolute atomic E-state index is 0.219. The number of hydrogen-bond donors (Lipinski definition) is 2. The van der Waals surface area contributed by atoms with Gasteiger partial charge in [0.1, 0.15) is 0 Å². The third-order valence-electron chi connectivity index (χ3n) is 2.53. The Morgan fingerprint density at radius 1 is 1.44 bits per heavy atom. The van der Waals surface area contributed by atoms with E-state index in [1.807, 2.05) is 6.07 Å². The number of H-pyrrole nitrogens is 1. The van der Waals surface area contributed by atoms with E-state index in [9.17, 15) is 4.79 Å². The number of carbonyl (C=O) groups excluding carboxylic acids is 1. The van der Waals surface area contributed by atoms with Gasteiger partial charge in [0.05, 0.1) is 22.0 Å². The normalized spacial score (nSPS) is 10.4. The fourth-order valence-electron chi connectivity index (χ4n) is 1.66. The lowest BCUT2D eigenvalue weighted by molar-refractivity contribution is 0.102. The first-order valence-corrected chi connectivity index (χ1v) is 6.44. The Hall–Kier alpha value is -1.33. The summed E-state index contributed by atoms with van der Waals surface area (Å²) in [6.45, 7) is 3.58. The molecule has 0 aliphatic heterocycles. The van der Waals surface area contributed by atoms with E-state index in [4.69, 9.17) is 11.6 Å². The predicted molar refractivity (Wildman–Crippen MR) is 75.2 cm³/mol. The quantitative estimate of drug-likeness (QED) is 0.883. The van der Waals surface area contributed by atoms with Crippen LogP contribution < -0.4 is 5.32 Å². The van der Waals surface area contributed by atoms with Crippen molar-refractivity contribution >= 4 is 39.1 Å². The van der Waals surface area contributed by atoms with Gasteiger partial charge < -0.3 is 5.32 Å². The molecule has 0 fully saturated rings. The molecule has 0 saturated carbocycles. The van der Waals surface area contributed by atoms with Crippen LogP contribution in [0.15, 0.2) is 22.7 Å². The van der Waals surface area contributed by atoms with Crippen molar-refractivity contribution in [1.82, 2.24) is 10.2 Å². The number of halogens is 2. The number of aryl methyl sites for hydroxylation is 2. The molecule has 0 bridgehead atoms. The van der Waals surface area contributed by atoms with E-state index in [1.54, 1.807) is 26.0 Å². The number of nitrogens with zero attached hydrogens (tertiary/aromatic N) is 1. The zero-order valence-electron chi connectivity index (χ0n) is 9.84. The van der Waals surface area contributed by atoms with Crippen LogP contribution in [0.25, 0.3) is 0 Å². The van der Waals surface area contributed by atoms with Crippen molar-refractivity contribution in [3.05, 3.63) is 44.6 Å². The van der Waals surface area contributed by atoms with Crippen LogP contribution in [0.2, 0.25) is 5.02 Å². The maximum atomic E-state index is 12.1. The van der Waals surface area contributed by atoms with Crippen molar-refractivity contribution < 1.29 is 4.79 Å². The Morgan fingerprint density at radius 2 is 2.17 bits per heavy atom. The van der Waals surface area contributed by atoms with Crippen LogP contribution in [-0.2, 0) is 0 Å². The molecule has 1 aromatic carbocycles. The summed E-state index contributed by atoms with van der Waals surface area (Å²) >= 11 is 9.36. The molecule has 4 nitrogen and oxygen atoms in total. The predicted octanol–water partition coefficient (Wildman–Crippen LogP) is 3.69. The second-order valence-electron chi connectivity index (χ2n) is 3.89. The molecular weight excluding hydrogens is 318 g/mol. The summed E-state index contributed by atoms with van der Waals surface area (Å²) in [6.07, 6.45) is 0. The van der Waals surface area contributed by atoms with Gasteiger partial charge >= 0.3 is 0 Å². The fraction of sp³-hybridized carbons (Fsp3) is 0.167. The molecule has 0 saturated heterocycles. The Balaban J connectivity index is 2.27. The molecule has 94 valence electrons. The van der Waals surface area contributed by atoms with Crippen LogP contribution in [0.5, 0.6) is 0 Å². The van der Waals surface area contributed by atoms with E-state index in [0.29, 0.717) is 22.0 Å². The van der Waals surface area contributed by atoms with E-state index in [2.05, 4.69) is 31.4 Å². The average Bonchev–Trinajstić information content (AvgIpc) is 2.62. The highest BCUT2D eigenvalue weighted by molar-refractivity contribution is 9.10. The molecule has 18 heavy (non-hydrogen) atoms. The molecule has 1 amide bonds. The second-order valence-corrected chi connectivity index (χ2v) is 5.21. The summed E-state index contributed by atoms with van der Waals surface area (Å²) in [5.74, 6) is -0.219. The molecule has 0 unspecified atom stereocenters. The lowest BCUT2D eigenvalue weighted by Gasteiger charge is -2.07. The van der Waals surface area contributed by atoms with Crippen molar-refractivity contribution in [2.45, 2.75) is 13.8 Å². The Labute approximate surface area is 118 Å². The van der Waals surface area contributed by atoms with E-state index in [-0.39, 0.29) is 5.91 Å². The molecule has 2 N–H and O–H groups in total. The lowest BCUT2D eigenvalue weighted by atomic mass is 10.2. The summed E-state index contributed by atoms with van der Waals surface area (Å²) < 4.78 is 0.862. The molecule has 6 heteroatoms. The Kier molecular flexibility index (Phi) is 3.73. The number of carbonyl (C=O) groups is 1. The van der Waals surface area contributed by atoms with E-state index < -0.39 is 0 Å². The zero-order chi connectivity index (χ0) is 13.3. The second kappa shape index (κ2) is 5.12. The molecule has 0 spiro atoms. The standard InChI is InChI=1S/C12H11BrClN3O/c1-6-11(7(2)17-16-6)12(18)15-10-4-3-8(13)5-9(10)14/h3-5H,1-2H3,(H,15,18)(H,16,17). The minimum atomic E-state index is -0.219. The molecule has 0 radical (unpaired) electrons. The third kappa shape index (κ3) is 2.57. The summed E-state index contributed by atoms with van der Waals surface area (Å²) in [7, 11) is 0. The van der Waals surface area contributed by atoms with E-state index in [1.165, 1.54) is 0 Å². The van der Waals surface area contributed by atoms with Crippen molar-refractivity contribution in [2.75, 3.05) is 5.32 Å².